The lowest BCUT2D eigenvalue weighted by atomic mass is 9.82. The van der Waals surface area contributed by atoms with Crippen LogP contribution in [-0.2, 0) is 0 Å². The van der Waals surface area contributed by atoms with Gasteiger partial charge in [0.15, 0.2) is 0 Å². The van der Waals surface area contributed by atoms with Crippen LogP contribution in [0, 0.1) is 5.41 Å². The molecular formula is C16H26N2S. The third kappa shape index (κ3) is 3.47. The fraction of sp³-hybridized carbons (Fsp3) is 0.625. The van der Waals surface area contributed by atoms with Crippen molar-refractivity contribution in [3.8, 4) is 0 Å². The van der Waals surface area contributed by atoms with Gasteiger partial charge in [0.1, 0.15) is 0 Å². The molecule has 0 spiro atoms. The van der Waals surface area contributed by atoms with E-state index in [1.165, 1.54) is 5.56 Å². The van der Waals surface area contributed by atoms with E-state index in [0.717, 1.165) is 19.5 Å². The van der Waals surface area contributed by atoms with Crippen LogP contribution < -0.4 is 5.73 Å². The third-order valence-electron chi connectivity index (χ3n) is 3.98. The van der Waals surface area contributed by atoms with Gasteiger partial charge in [0, 0.05) is 19.1 Å². The van der Waals surface area contributed by atoms with Gasteiger partial charge in [-0.3, -0.25) is 4.90 Å². The Labute approximate surface area is 121 Å². The first kappa shape index (κ1) is 14.8. The van der Waals surface area contributed by atoms with Crippen molar-refractivity contribution in [1.82, 2.24) is 4.90 Å². The minimum atomic E-state index is 0.166. The van der Waals surface area contributed by atoms with E-state index in [0.29, 0.717) is 11.5 Å². The molecule has 0 saturated carbocycles. The zero-order valence-corrected chi connectivity index (χ0v) is 13.3. The van der Waals surface area contributed by atoms with E-state index in [-0.39, 0.29) is 6.04 Å². The molecule has 2 nitrogen and oxygen atoms in total. The Kier molecular flexibility index (Phi) is 4.49. The molecule has 0 bridgehead atoms. The van der Waals surface area contributed by atoms with Gasteiger partial charge in [0.2, 0.25) is 0 Å². The standard InChI is InChI=1S/C16H26N2S/c1-12(17)15(13-7-10-19-11-13)18-8-5-14(6-9-18)16(2,3)4/h5,7,10-12,15H,6,8-9,17H2,1-4H3. The van der Waals surface area contributed by atoms with Crippen LogP contribution in [0.5, 0.6) is 0 Å². The maximum absolute atomic E-state index is 6.22. The Morgan fingerprint density at radius 3 is 2.53 bits per heavy atom. The van der Waals surface area contributed by atoms with E-state index in [1.807, 2.05) is 0 Å². The molecule has 0 aromatic carbocycles. The van der Waals surface area contributed by atoms with Crippen LogP contribution in [0.2, 0.25) is 0 Å². The van der Waals surface area contributed by atoms with Gasteiger partial charge in [0.25, 0.3) is 0 Å². The van der Waals surface area contributed by atoms with Gasteiger partial charge in [-0.2, -0.15) is 11.3 Å². The van der Waals surface area contributed by atoms with E-state index in [9.17, 15) is 0 Å². The summed E-state index contributed by atoms with van der Waals surface area (Å²) in [6.07, 6.45) is 3.57. The first-order valence-electron chi connectivity index (χ1n) is 7.11. The lowest BCUT2D eigenvalue weighted by Crippen LogP contribution is -2.42. The van der Waals surface area contributed by atoms with Crippen LogP contribution in [0.4, 0.5) is 0 Å². The van der Waals surface area contributed by atoms with Crippen molar-refractivity contribution in [2.24, 2.45) is 11.1 Å². The van der Waals surface area contributed by atoms with Gasteiger partial charge in [0.05, 0.1) is 6.04 Å². The SMILES string of the molecule is CC(N)C(c1ccsc1)N1CC=C(C(C)(C)C)CC1. The van der Waals surface area contributed by atoms with Gasteiger partial charge in [-0.25, -0.2) is 0 Å². The summed E-state index contributed by atoms with van der Waals surface area (Å²) >= 11 is 1.76. The molecule has 2 atom stereocenters. The molecule has 2 N–H and O–H groups in total. The summed E-state index contributed by atoms with van der Waals surface area (Å²) in [4.78, 5) is 2.52. The van der Waals surface area contributed by atoms with Crippen molar-refractivity contribution in [2.45, 2.75) is 46.2 Å². The summed E-state index contributed by atoms with van der Waals surface area (Å²) < 4.78 is 0. The summed E-state index contributed by atoms with van der Waals surface area (Å²) in [6, 6.07) is 2.73. The zero-order chi connectivity index (χ0) is 14.0. The topological polar surface area (TPSA) is 29.3 Å². The van der Waals surface area contributed by atoms with Gasteiger partial charge >= 0.3 is 0 Å². The predicted octanol–water partition coefficient (Wildman–Crippen LogP) is 3.81. The largest absolute Gasteiger partial charge is 0.326 e. The fourth-order valence-electron chi connectivity index (χ4n) is 2.91. The molecule has 2 rings (SSSR count). The first-order chi connectivity index (χ1) is 8.89. The molecule has 1 aliphatic rings. The second kappa shape index (κ2) is 5.78. The zero-order valence-electron chi connectivity index (χ0n) is 12.5. The number of rotatable bonds is 3. The highest BCUT2D eigenvalue weighted by Gasteiger charge is 2.28. The average molecular weight is 278 g/mol. The molecule has 0 radical (unpaired) electrons. The van der Waals surface area contributed by atoms with Crippen molar-refractivity contribution in [2.75, 3.05) is 13.1 Å². The normalized spacial score (nSPS) is 21.0. The third-order valence-corrected chi connectivity index (χ3v) is 4.68. The molecule has 0 amide bonds. The smallest absolute Gasteiger partial charge is 0.0508 e. The van der Waals surface area contributed by atoms with E-state index < -0.39 is 0 Å². The van der Waals surface area contributed by atoms with Crippen LogP contribution >= 0.6 is 11.3 Å². The summed E-state index contributed by atoms with van der Waals surface area (Å²) in [7, 11) is 0. The average Bonchev–Trinajstić information content (AvgIpc) is 2.82. The van der Waals surface area contributed by atoms with E-state index in [1.54, 1.807) is 16.9 Å². The lowest BCUT2D eigenvalue weighted by Gasteiger charge is -2.38. The predicted molar refractivity (Wildman–Crippen MR) is 84.4 cm³/mol. The Hall–Kier alpha value is -0.640. The molecule has 2 unspecified atom stereocenters. The minimum Gasteiger partial charge on any atom is -0.326 e. The van der Waals surface area contributed by atoms with Crippen molar-refractivity contribution < 1.29 is 0 Å². The molecule has 0 saturated heterocycles. The summed E-state index contributed by atoms with van der Waals surface area (Å²) in [5.41, 5.74) is 9.47. The van der Waals surface area contributed by atoms with E-state index in [4.69, 9.17) is 5.73 Å². The molecule has 19 heavy (non-hydrogen) atoms. The Balaban J connectivity index is 2.13. The maximum atomic E-state index is 6.22. The minimum absolute atomic E-state index is 0.166. The number of nitrogens with zero attached hydrogens (tertiary/aromatic N) is 1. The van der Waals surface area contributed by atoms with Crippen LogP contribution in [0.15, 0.2) is 28.5 Å². The van der Waals surface area contributed by atoms with Crippen LogP contribution in [-0.4, -0.2) is 24.0 Å². The van der Waals surface area contributed by atoms with Crippen LogP contribution in [0.3, 0.4) is 0 Å². The molecule has 1 aromatic rings. The highest BCUT2D eigenvalue weighted by atomic mass is 32.1. The molecule has 1 aromatic heterocycles. The molecular weight excluding hydrogens is 252 g/mol. The summed E-state index contributed by atoms with van der Waals surface area (Å²) in [6.45, 7) is 11.2. The van der Waals surface area contributed by atoms with Crippen molar-refractivity contribution >= 4 is 11.3 Å². The quantitative estimate of drug-likeness (QED) is 0.852. The number of hydrogen-bond donors (Lipinski definition) is 1. The van der Waals surface area contributed by atoms with E-state index in [2.05, 4.69) is 55.5 Å². The van der Waals surface area contributed by atoms with Gasteiger partial charge < -0.3 is 5.73 Å². The van der Waals surface area contributed by atoms with Crippen molar-refractivity contribution in [3.05, 3.63) is 34.0 Å². The Morgan fingerprint density at radius 2 is 2.11 bits per heavy atom. The van der Waals surface area contributed by atoms with Gasteiger partial charge in [-0.05, 0) is 41.1 Å². The Bertz CT molecular complexity index is 426. The molecule has 106 valence electrons. The Morgan fingerprint density at radius 1 is 1.37 bits per heavy atom. The molecule has 2 heterocycles. The summed E-state index contributed by atoms with van der Waals surface area (Å²) in [5, 5.41) is 4.38. The van der Waals surface area contributed by atoms with E-state index >= 15 is 0 Å². The molecule has 0 fully saturated rings. The fourth-order valence-corrected chi connectivity index (χ4v) is 3.60. The van der Waals surface area contributed by atoms with Crippen molar-refractivity contribution in [3.63, 3.8) is 0 Å². The molecule has 1 aliphatic heterocycles. The number of nitrogens with two attached hydrogens (primary N) is 1. The maximum Gasteiger partial charge on any atom is 0.0508 e. The monoisotopic (exact) mass is 278 g/mol. The molecule has 3 heteroatoms. The molecule has 0 aliphatic carbocycles. The lowest BCUT2D eigenvalue weighted by molar-refractivity contribution is 0.184. The van der Waals surface area contributed by atoms with Gasteiger partial charge in [-0.15, -0.1) is 0 Å². The highest BCUT2D eigenvalue weighted by molar-refractivity contribution is 7.07. The van der Waals surface area contributed by atoms with Gasteiger partial charge in [-0.1, -0.05) is 32.4 Å². The number of thiophene rings is 1. The number of hydrogen-bond acceptors (Lipinski definition) is 3. The highest BCUT2D eigenvalue weighted by Crippen LogP contribution is 2.33. The second-order valence-electron chi connectivity index (χ2n) is 6.58. The van der Waals surface area contributed by atoms with Crippen LogP contribution in [0.25, 0.3) is 0 Å². The summed E-state index contributed by atoms with van der Waals surface area (Å²) in [5.74, 6) is 0. The van der Waals surface area contributed by atoms with Crippen molar-refractivity contribution in [1.29, 1.82) is 0 Å². The second-order valence-corrected chi connectivity index (χ2v) is 7.36. The van der Waals surface area contributed by atoms with Crippen LogP contribution in [0.1, 0.15) is 45.7 Å². The first-order valence-corrected chi connectivity index (χ1v) is 8.05.